The lowest BCUT2D eigenvalue weighted by atomic mass is 10.0. The monoisotopic (exact) mass is 511 g/mol. The van der Waals surface area contributed by atoms with Gasteiger partial charge in [0.25, 0.3) is 5.95 Å². The number of imidazole rings is 1. The molecule has 0 saturated heterocycles. The average Bonchev–Trinajstić information content (AvgIpc) is 3.42. The number of nitrogens with zero attached hydrogens (tertiary/aromatic N) is 8. The normalized spacial score (nSPS) is 12.5. The first-order chi connectivity index (χ1) is 16.9. The molecule has 14 heteroatoms. The standard InChI is InChI=1S/C22H21F6N8/c1-4-17-14(8-18-19(30-17)35(5-2)12-29-18)11-36(20-31-33-34(3)32-20)10-13-6-15(21(23,24)25)9-16(7-13)22(26,27)28/h6-9,12H,1,4-5,10-11H2,2-3H3. The van der Waals surface area contributed by atoms with Gasteiger partial charge in [-0.3, -0.25) is 0 Å². The molecular weight excluding hydrogens is 490 g/mol. The second-order valence-electron chi connectivity index (χ2n) is 8.07. The minimum atomic E-state index is -4.96. The van der Waals surface area contributed by atoms with E-state index in [9.17, 15) is 26.3 Å². The molecule has 3 aromatic heterocycles. The van der Waals surface area contributed by atoms with Gasteiger partial charge in [-0.05, 0) is 60.9 Å². The number of aromatic nitrogens is 7. The number of rotatable bonds is 7. The highest BCUT2D eigenvalue weighted by molar-refractivity contribution is 5.72. The number of halogens is 6. The van der Waals surface area contributed by atoms with E-state index in [4.69, 9.17) is 0 Å². The number of fused-ring (bicyclic) bond motifs is 1. The summed E-state index contributed by atoms with van der Waals surface area (Å²) in [5.74, 6) is 0.0256. The lowest BCUT2D eigenvalue weighted by Crippen LogP contribution is -2.25. The average molecular weight is 511 g/mol. The van der Waals surface area contributed by atoms with Crippen molar-refractivity contribution in [2.24, 2.45) is 7.05 Å². The molecule has 4 aromatic rings. The third kappa shape index (κ3) is 5.26. The summed E-state index contributed by atoms with van der Waals surface area (Å²) in [6.45, 7) is 6.16. The zero-order valence-electron chi connectivity index (χ0n) is 19.3. The molecule has 3 heterocycles. The van der Waals surface area contributed by atoms with E-state index in [2.05, 4.69) is 32.3 Å². The molecule has 1 radical (unpaired) electrons. The van der Waals surface area contributed by atoms with Crippen molar-refractivity contribution in [3.63, 3.8) is 0 Å². The lowest BCUT2D eigenvalue weighted by Gasteiger charge is -2.23. The Hall–Kier alpha value is -3.71. The van der Waals surface area contributed by atoms with Crippen LogP contribution in [0.4, 0.5) is 32.3 Å². The van der Waals surface area contributed by atoms with Gasteiger partial charge in [-0.15, -0.1) is 5.10 Å². The fourth-order valence-corrected chi connectivity index (χ4v) is 3.78. The van der Waals surface area contributed by atoms with Gasteiger partial charge in [0, 0.05) is 25.3 Å². The van der Waals surface area contributed by atoms with Crippen LogP contribution in [0.25, 0.3) is 11.2 Å². The largest absolute Gasteiger partial charge is 0.416 e. The second kappa shape index (κ2) is 9.39. The molecule has 0 bridgehead atoms. The van der Waals surface area contributed by atoms with Crippen LogP contribution in [-0.4, -0.2) is 34.7 Å². The number of alkyl halides is 6. The van der Waals surface area contributed by atoms with Gasteiger partial charge in [0.2, 0.25) is 0 Å². The van der Waals surface area contributed by atoms with Crippen molar-refractivity contribution < 1.29 is 26.3 Å². The zero-order chi connectivity index (χ0) is 26.3. The van der Waals surface area contributed by atoms with Gasteiger partial charge in [0.15, 0.2) is 5.65 Å². The van der Waals surface area contributed by atoms with Gasteiger partial charge in [-0.25, -0.2) is 9.97 Å². The number of benzene rings is 1. The molecule has 0 atom stereocenters. The second-order valence-corrected chi connectivity index (χ2v) is 8.07. The quantitative estimate of drug-likeness (QED) is 0.338. The Kier molecular flexibility index (Phi) is 6.62. The summed E-state index contributed by atoms with van der Waals surface area (Å²) in [6.07, 6.45) is -7.99. The maximum Gasteiger partial charge on any atom is 0.416 e. The molecule has 0 saturated carbocycles. The van der Waals surface area contributed by atoms with Crippen molar-refractivity contribution in [2.75, 3.05) is 4.90 Å². The minimum absolute atomic E-state index is 0.0239. The van der Waals surface area contributed by atoms with Crippen LogP contribution in [0.2, 0.25) is 0 Å². The van der Waals surface area contributed by atoms with Gasteiger partial charge in [0.1, 0.15) is 5.52 Å². The molecule has 191 valence electrons. The van der Waals surface area contributed by atoms with Crippen LogP contribution in [0.15, 0.2) is 30.6 Å². The van der Waals surface area contributed by atoms with E-state index in [1.165, 1.54) is 11.9 Å². The number of aryl methyl sites for hydroxylation is 2. The van der Waals surface area contributed by atoms with Crippen molar-refractivity contribution in [3.05, 3.63) is 65.5 Å². The number of anilines is 1. The summed E-state index contributed by atoms with van der Waals surface area (Å²) >= 11 is 0. The number of hydrogen-bond donors (Lipinski definition) is 0. The molecule has 0 aliphatic rings. The van der Waals surface area contributed by atoms with Crippen molar-refractivity contribution >= 4 is 17.1 Å². The first-order valence-electron chi connectivity index (χ1n) is 10.8. The van der Waals surface area contributed by atoms with E-state index in [0.717, 1.165) is 4.80 Å². The summed E-state index contributed by atoms with van der Waals surface area (Å²) in [6, 6.07) is 3.24. The topological polar surface area (TPSA) is 77.6 Å². The Morgan fingerprint density at radius 3 is 2.17 bits per heavy atom. The maximum atomic E-state index is 13.4. The van der Waals surface area contributed by atoms with Crippen molar-refractivity contribution in [3.8, 4) is 0 Å². The SMILES string of the molecule is [CH2]Cc1nc2c(cc1CN(Cc1cc(C(F)(F)F)cc(C(F)(F)F)c1)c1nnn(C)n1)ncn2CC. The fourth-order valence-electron chi connectivity index (χ4n) is 3.78. The first kappa shape index (κ1) is 25.4. The molecule has 0 aliphatic heterocycles. The van der Waals surface area contributed by atoms with Gasteiger partial charge in [-0.2, -0.15) is 31.1 Å². The molecule has 0 N–H and O–H groups in total. The molecule has 0 fully saturated rings. The Morgan fingerprint density at radius 2 is 1.64 bits per heavy atom. The minimum Gasteiger partial charge on any atom is -0.329 e. The molecule has 36 heavy (non-hydrogen) atoms. The smallest absolute Gasteiger partial charge is 0.329 e. The van der Waals surface area contributed by atoms with E-state index >= 15 is 0 Å². The summed E-state index contributed by atoms with van der Waals surface area (Å²) in [5, 5.41) is 11.8. The van der Waals surface area contributed by atoms with E-state index in [1.807, 2.05) is 11.5 Å². The molecule has 0 unspecified atom stereocenters. The summed E-state index contributed by atoms with van der Waals surface area (Å²) in [5.41, 5.74) is -0.533. The highest BCUT2D eigenvalue weighted by Crippen LogP contribution is 2.37. The molecular formula is C22H21F6N8. The molecule has 0 amide bonds. The molecule has 1 aromatic carbocycles. The summed E-state index contributed by atoms with van der Waals surface area (Å²) in [7, 11) is 1.49. The van der Waals surface area contributed by atoms with Crippen LogP contribution in [0, 0.1) is 6.92 Å². The van der Waals surface area contributed by atoms with Gasteiger partial charge in [0.05, 0.1) is 24.5 Å². The number of tetrazole rings is 1. The Morgan fingerprint density at radius 1 is 0.972 bits per heavy atom. The van der Waals surface area contributed by atoms with Crippen molar-refractivity contribution in [1.82, 2.24) is 34.7 Å². The third-order valence-corrected chi connectivity index (χ3v) is 5.50. The number of hydrogen-bond acceptors (Lipinski definition) is 6. The van der Waals surface area contributed by atoms with Crippen LogP contribution in [-0.2, 0) is 45.5 Å². The van der Waals surface area contributed by atoms with Crippen LogP contribution in [0.5, 0.6) is 0 Å². The fraction of sp³-hybridized carbons (Fsp3) is 0.364. The maximum absolute atomic E-state index is 13.4. The Balaban J connectivity index is 1.77. The molecule has 0 aliphatic carbocycles. The highest BCUT2D eigenvalue weighted by atomic mass is 19.4. The van der Waals surface area contributed by atoms with Crippen LogP contribution < -0.4 is 4.90 Å². The van der Waals surface area contributed by atoms with Gasteiger partial charge < -0.3 is 9.47 Å². The van der Waals surface area contributed by atoms with Gasteiger partial charge in [-0.1, -0.05) is 5.10 Å². The zero-order valence-corrected chi connectivity index (χ0v) is 19.3. The third-order valence-electron chi connectivity index (χ3n) is 5.50. The summed E-state index contributed by atoms with van der Waals surface area (Å²) in [4.78, 5) is 11.5. The van der Waals surface area contributed by atoms with E-state index in [0.29, 0.717) is 47.5 Å². The number of pyridine rings is 1. The predicted octanol–water partition coefficient (Wildman–Crippen LogP) is 4.60. The van der Waals surface area contributed by atoms with Crippen molar-refractivity contribution in [2.45, 2.75) is 45.3 Å². The Labute approximate surface area is 201 Å². The van der Waals surface area contributed by atoms with E-state index < -0.39 is 23.5 Å². The first-order valence-corrected chi connectivity index (χ1v) is 10.8. The predicted molar refractivity (Wildman–Crippen MR) is 117 cm³/mol. The van der Waals surface area contributed by atoms with E-state index in [-0.39, 0.29) is 30.7 Å². The van der Waals surface area contributed by atoms with Crippen molar-refractivity contribution in [1.29, 1.82) is 0 Å². The lowest BCUT2D eigenvalue weighted by molar-refractivity contribution is -0.143. The van der Waals surface area contributed by atoms with E-state index in [1.54, 1.807) is 12.4 Å². The molecule has 0 spiro atoms. The molecule has 8 nitrogen and oxygen atoms in total. The summed E-state index contributed by atoms with van der Waals surface area (Å²) < 4.78 is 82.1. The van der Waals surface area contributed by atoms with Gasteiger partial charge >= 0.3 is 12.4 Å². The highest BCUT2D eigenvalue weighted by Gasteiger charge is 2.37. The Bertz CT molecular complexity index is 1340. The van der Waals surface area contributed by atoms with Crippen LogP contribution in [0.1, 0.15) is 34.9 Å². The van der Waals surface area contributed by atoms with Crippen LogP contribution >= 0.6 is 0 Å². The van der Waals surface area contributed by atoms with Crippen LogP contribution in [0.3, 0.4) is 0 Å². The molecule has 4 rings (SSSR count).